The predicted octanol–water partition coefficient (Wildman–Crippen LogP) is 3.38. The fourth-order valence-electron chi connectivity index (χ4n) is 1.35. The molecule has 0 saturated carbocycles. The first-order valence-electron chi connectivity index (χ1n) is 5.21. The number of carboxylic acid groups (broad SMARTS) is 1. The second-order valence-electron chi connectivity index (χ2n) is 3.57. The standard InChI is InChI=1S/C12H9BrN2O4/c13-9-5-6-10(19-9)15-12(18)14-8-3-1-7(2-4-8)11(16)17/h1-6H,(H,16,17)(H2,14,15,18). The van der Waals surface area contributed by atoms with Crippen LogP contribution in [0.3, 0.4) is 0 Å². The van der Waals surface area contributed by atoms with Gasteiger partial charge in [0.2, 0.25) is 5.88 Å². The van der Waals surface area contributed by atoms with Crippen molar-refractivity contribution < 1.29 is 19.1 Å². The van der Waals surface area contributed by atoms with Gasteiger partial charge in [-0.15, -0.1) is 0 Å². The lowest BCUT2D eigenvalue weighted by Crippen LogP contribution is -2.19. The molecule has 1 aromatic heterocycles. The molecule has 0 saturated heterocycles. The second-order valence-corrected chi connectivity index (χ2v) is 4.35. The number of anilines is 2. The van der Waals surface area contributed by atoms with Gasteiger partial charge in [0.05, 0.1) is 5.56 Å². The maximum absolute atomic E-state index is 11.6. The van der Waals surface area contributed by atoms with Crippen LogP contribution in [0, 0.1) is 0 Å². The number of amides is 2. The molecule has 6 nitrogen and oxygen atoms in total. The SMILES string of the molecule is O=C(Nc1ccc(C(=O)O)cc1)Nc1ccc(Br)o1. The number of aromatic carboxylic acids is 1. The Bertz CT molecular complexity index is 606. The van der Waals surface area contributed by atoms with Crippen LogP contribution in [-0.4, -0.2) is 17.1 Å². The van der Waals surface area contributed by atoms with Gasteiger partial charge in [-0.2, -0.15) is 0 Å². The van der Waals surface area contributed by atoms with Gasteiger partial charge in [-0.1, -0.05) is 0 Å². The summed E-state index contributed by atoms with van der Waals surface area (Å²) in [4.78, 5) is 22.3. The van der Waals surface area contributed by atoms with Crippen LogP contribution >= 0.6 is 15.9 Å². The van der Waals surface area contributed by atoms with Crippen molar-refractivity contribution in [1.82, 2.24) is 0 Å². The first-order chi connectivity index (χ1) is 9.04. The third-order valence-corrected chi connectivity index (χ3v) is 2.63. The molecule has 2 rings (SSSR count). The van der Waals surface area contributed by atoms with Crippen molar-refractivity contribution >= 4 is 39.5 Å². The van der Waals surface area contributed by atoms with E-state index in [1.165, 1.54) is 24.3 Å². The number of furan rings is 1. The molecule has 0 atom stereocenters. The van der Waals surface area contributed by atoms with Crippen molar-refractivity contribution in [1.29, 1.82) is 0 Å². The van der Waals surface area contributed by atoms with Crippen molar-refractivity contribution in [2.45, 2.75) is 0 Å². The molecule has 0 radical (unpaired) electrons. The lowest BCUT2D eigenvalue weighted by atomic mass is 10.2. The Morgan fingerprint density at radius 3 is 2.26 bits per heavy atom. The summed E-state index contributed by atoms with van der Waals surface area (Å²) in [5, 5.41) is 13.8. The van der Waals surface area contributed by atoms with Gasteiger partial charge in [-0.3, -0.25) is 5.32 Å². The van der Waals surface area contributed by atoms with Gasteiger partial charge >= 0.3 is 12.0 Å². The summed E-state index contributed by atoms with van der Waals surface area (Å²) in [7, 11) is 0. The van der Waals surface area contributed by atoms with E-state index in [-0.39, 0.29) is 5.56 Å². The number of benzene rings is 1. The molecule has 0 aliphatic rings. The highest BCUT2D eigenvalue weighted by atomic mass is 79.9. The number of nitrogens with one attached hydrogen (secondary N) is 2. The van der Waals surface area contributed by atoms with Crippen LogP contribution in [0.15, 0.2) is 45.5 Å². The Morgan fingerprint density at radius 2 is 1.74 bits per heavy atom. The Kier molecular flexibility index (Phi) is 3.86. The number of hydrogen-bond acceptors (Lipinski definition) is 3. The molecule has 1 heterocycles. The molecule has 2 aromatic rings. The van der Waals surface area contributed by atoms with Crippen molar-refractivity contribution in [3.8, 4) is 0 Å². The summed E-state index contributed by atoms with van der Waals surface area (Å²) in [6, 6.07) is 8.57. The predicted molar refractivity (Wildman–Crippen MR) is 72.5 cm³/mol. The smallest absolute Gasteiger partial charge is 0.335 e. The maximum Gasteiger partial charge on any atom is 0.335 e. The minimum absolute atomic E-state index is 0.154. The third-order valence-electron chi connectivity index (χ3n) is 2.20. The molecule has 1 aromatic carbocycles. The number of carboxylic acids is 1. The fourth-order valence-corrected chi connectivity index (χ4v) is 1.66. The summed E-state index contributed by atoms with van der Waals surface area (Å²) in [6.07, 6.45) is 0. The molecule has 98 valence electrons. The largest absolute Gasteiger partial charge is 0.478 e. The van der Waals surface area contributed by atoms with Crippen LogP contribution < -0.4 is 10.6 Å². The van der Waals surface area contributed by atoms with E-state index >= 15 is 0 Å². The van der Waals surface area contributed by atoms with E-state index in [4.69, 9.17) is 9.52 Å². The Balaban J connectivity index is 1.97. The Hall–Kier alpha value is -2.28. The average Bonchev–Trinajstić information content (AvgIpc) is 2.75. The van der Waals surface area contributed by atoms with Crippen LogP contribution in [0.2, 0.25) is 0 Å². The molecule has 0 aliphatic heterocycles. The number of urea groups is 1. The van der Waals surface area contributed by atoms with Crippen LogP contribution in [0.5, 0.6) is 0 Å². The van der Waals surface area contributed by atoms with Gasteiger partial charge in [0.15, 0.2) is 4.67 Å². The third kappa shape index (κ3) is 3.59. The van der Waals surface area contributed by atoms with Crippen LogP contribution in [0.4, 0.5) is 16.4 Å². The topological polar surface area (TPSA) is 91.6 Å². The monoisotopic (exact) mass is 324 g/mol. The van der Waals surface area contributed by atoms with Gasteiger partial charge in [0.25, 0.3) is 0 Å². The molecule has 7 heteroatoms. The van der Waals surface area contributed by atoms with E-state index in [1.807, 2.05) is 0 Å². The zero-order valence-electron chi connectivity index (χ0n) is 9.51. The number of rotatable bonds is 3. The average molecular weight is 325 g/mol. The molecule has 3 N–H and O–H groups in total. The summed E-state index contributed by atoms with van der Waals surface area (Å²) in [5.74, 6) is -0.719. The fraction of sp³-hybridized carbons (Fsp3) is 0. The summed E-state index contributed by atoms with van der Waals surface area (Å²) in [6.45, 7) is 0. The lowest BCUT2D eigenvalue weighted by Gasteiger charge is -2.05. The zero-order valence-corrected chi connectivity index (χ0v) is 11.1. The molecular weight excluding hydrogens is 316 g/mol. The van der Waals surface area contributed by atoms with Crippen molar-refractivity contribution in [3.63, 3.8) is 0 Å². The quantitative estimate of drug-likeness (QED) is 0.807. The van der Waals surface area contributed by atoms with E-state index in [9.17, 15) is 9.59 Å². The van der Waals surface area contributed by atoms with Gasteiger partial charge in [0, 0.05) is 11.8 Å². The summed E-state index contributed by atoms with van der Waals surface area (Å²) in [5.41, 5.74) is 0.633. The number of hydrogen-bond donors (Lipinski definition) is 3. The first-order valence-corrected chi connectivity index (χ1v) is 6.00. The summed E-state index contributed by atoms with van der Waals surface area (Å²) < 4.78 is 5.62. The van der Waals surface area contributed by atoms with Crippen molar-refractivity contribution in [3.05, 3.63) is 46.6 Å². The minimum Gasteiger partial charge on any atom is -0.478 e. The minimum atomic E-state index is -1.02. The van der Waals surface area contributed by atoms with Gasteiger partial charge < -0.3 is 14.8 Å². The highest BCUT2D eigenvalue weighted by molar-refractivity contribution is 9.10. The molecule has 0 fully saturated rings. The van der Waals surface area contributed by atoms with Gasteiger partial charge in [0.1, 0.15) is 0 Å². The van der Waals surface area contributed by atoms with E-state index in [1.54, 1.807) is 12.1 Å². The van der Waals surface area contributed by atoms with Crippen molar-refractivity contribution in [2.24, 2.45) is 0 Å². The zero-order chi connectivity index (χ0) is 13.8. The number of carbonyl (C=O) groups excluding carboxylic acids is 1. The Labute approximate surface area is 116 Å². The highest BCUT2D eigenvalue weighted by Crippen LogP contribution is 2.18. The highest BCUT2D eigenvalue weighted by Gasteiger charge is 2.07. The molecule has 2 amide bonds. The second kappa shape index (κ2) is 5.57. The first kappa shape index (κ1) is 13.2. The Morgan fingerprint density at radius 1 is 1.05 bits per heavy atom. The van der Waals surface area contributed by atoms with Gasteiger partial charge in [-0.25, -0.2) is 9.59 Å². The van der Waals surface area contributed by atoms with E-state index < -0.39 is 12.0 Å². The molecule has 0 aliphatic carbocycles. The van der Waals surface area contributed by atoms with Crippen LogP contribution in [-0.2, 0) is 0 Å². The van der Waals surface area contributed by atoms with E-state index in [0.29, 0.717) is 16.2 Å². The maximum atomic E-state index is 11.6. The van der Waals surface area contributed by atoms with Crippen LogP contribution in [0.25, 0.3) is 0 Å². The molecular formula is C12H9BrN2O4. The number of carbonyl (C=O) groups is 2. The van der Waals surface area contributed by atoms with Crippen LogP contribution in [0.1, 0.15) is 10.4 Å². The van der Waals surface area contributed by atoms with E-state index in [2.05, 4.69) is 26.6 Å². The van der Waals surface area contributed by atoms with Crippen molar-refractivity contribution in [2.75, 3.05) is 10.6 Å². The lowest BCUT2D eigenvalue weighted by molar-refractivity contribution is 0.0697. The molecule has 0 unspecified atom stereocenters. The number of halogens is 1. The molecule has 0 bridgehead atoms. The van der Waals surface area contributed by atoms with Gasteiger partial charge in [-0.05, 0) is 46.3 Å². The molecule has 0 spiro atoms. The summed E-state index contributed by atoms with van der Waals surface area (Å²) >= 11 is 3.12. The normalized spacial score (nSPS) is 9.95. The van der Waals surface area contributed by atoms with E-state index in [0.717, 1.165) is 0 Å². The molecule has 19 heavy (non-hydrogen) atoms.